The van der Waals surface area contributed by atoms with Crippen LogP contribution in [0, 0.1) is 0 Å². The van der Waals surface area contributed by atoms with E-state index in [0.717, 1.165) is 69.3 Å². The molecule has 1 amide bonds. The molecular weight excluding hydrogens is 430 g/mol. The van der Waals surface area contributed by atoms with E-state index in [-0.39, 0.29) is 11.9 Å². The average molecular weight is 462 g/mol. The maximum absolute atomic E-state index is 13.8. The van der Waals surface area contributed by atoms with E-state index in [2.05, 4.69) is 69.0 Å². The Morgan fingerprint density at radius 1 is 1.00 bits per heavy atom. The fraction of sp³-hybridized carbons (Fsp3) is 0.370. The first-order chi connectivity index (χ1) is 16.3. The van der Waals surface area contributed by atoms with E-state index < -0.39 is 0 Å². The number of carbonyl (C=O) groups excluding carboxylic acids is 1. The Hall–Kier alpha value is -2.51. The normalized spacial score (nSPS) is 19.5. The van der Waals surface area contributed by atoms with Crippen LogP contribution in [0.1, 0.15) is 21.5 Å². The molecule has 2 saturated heterocycles. The maximum atomic E-state index is 13.8. The molecule has 1 unspecified atom stereocenters. The van der Waals surface area contributed by atoms with Gasteiger partial charge in [0.15, 0.2) is 0 Å². The van der Waals surface area contributed by atoms with Crippen LogP contribution in [-0.2, 0) is 17.7 Å². The Labute approximate surface area is 200 Å². The Kier molecular flexibility index (Phi) is 7.17. The molecular formula is C27H31N3O2S. The molecule has 5 nitrogen and oxygen atoms in total. The summed E-state index contributed by atoms with van der Waals surface area (Å²) in [6, 6.07) is 21.2. The van der Waals surface area contributed by atoms with Gasteiger partial charge in [-0.3, -0.25) is 9.69 Å². The van der Waals surface area contributed by atoms with Crippen molar-refractivity contribution in [3.05, 3.63) is 82.7 Å². The highest BCUT2D eigenvalue weighted by Gasteiger charge is 2.30. The van der Waals surface area contributed by atoms with E-state index in [0.29, 0.717) is 0 Å². The topological polar surface area (TPSA) is 44.8 Å². The number of amides is 1. The lowest BCUT2D eigenvalue weighted by Crippen LogP contribution is -2.54. The van der Waals surface area contributed by atoms with Crippen molar-refractivity contribution in [1.29, 1.82) is 0 Å². The SMILES string of the molecule is O=C(c1ccsc1-c1ccccc1CN1CCOCC1)N1CCNCC1Cc1ccccc1. The van der Waals surface area contributed by atoms with Crippen LogP contribution in [0.3, 0.4) is 0 Å². The van der Waals surface area contributed by atoms with Gasteiger partial charge in [0.25, 0.3) is 5.91 Å². The van der Waals surface area contributed by atoms with Crippen molar-refractivity contribution in [3.63, 3.8) is 0 Å². The molecule has 0 aliphatic carbocycles. The molecule has 1 N–H and O–H groups in total. The number of nitrogens with one attached hydrogen (secondary N) is 1. The smallest absolute Gasteiger partial charge is 0.255 e. The molecule has 0 bridgehead atoms. The highest BCUT2D eigenvalue weighted by molar-refractivity contribution is 7.14. The quantitative estimate of drug-likeness (QED) is 0.605. The summed E-state index contributed by atoms with van der Waals surface area (Å²) in [4.78, 5) is 19.4. The molecule has 172 valence electrons. The first-order valence-corrected chi connectivity index (χ1v) is 12.7. The molecule has 6 heteroatoms. The third kappa shape index (κ3) is 5.20. The summed E-state index contributed by atoms with van der Waals surface area (Å²) < 4.78 is 5.52. The van der Waals surface area contributed by atoms with Crippen molar-refractivity contribution in [2.45, 2.75) is 19.0 Å². The summed E-state index contributed by atoms with van der Waals surface area (Å²) in [6.45, 7) is 6.76. The van der Waals surface area contributed by atoms with Gasteiger partial charge in [-0.05, 0) is 34.6 Å². The van der Waals surface area contributed by atoms with Crippen molar-refractivity contribution < 1.29 is 9.53 Å². The lowest BCUT2D eigenvalue weighted by atomic mass is 9.99. The zero-order valence-corrected chi connectivity index (χ0v) is 19.7. The molecule has 5 rings (SSSR count). The van der Waals surface area contributed by atoms with E-state index in [1.165, 1.54) is 16.7 Å². The van der Waals surface area contributed by atoms with Crippen LogP contribution in [0.2, 0.25) is 0 Å². The first-order valence-electron chi connectivity index (χ1n) is 11.8. The van der Waals surface area contributed by atoms with Crippen LogP contribution in [0.5, 0.6) is 0 Å². The number of piperazine rings is 1. The molecule has 3 heterocycles. The molecule has 0 radical (unpaired) electrons. The van der Waals surface area contributed by atoms with Gasteiger partial charge in [0, 0.05) is 50.2 Å². The number of carbonyl (C=O) groups is 1. The number of morpholine rings is 1. The highest BCUT2D eigenvalue weighted by atomic mass is 32.1. The lowest BCUT2D eigenvalue weighted by Gasteiger charge is -2.36. The van der Waals surface area contributed by atoms with Crippen molar-refractivity contribution in [2.75, 3.05) is 45.9 Å². The third-order valence-electron chi connectivity index (χ3n) is 6.58. The minimum Gasteiger partial charge on any atom is -0.379 e. The van der Waals surface area contributed by atoms with Crippen LogP contribution >= 0.6 is 11.3 Å². The summed E-state index contributed by atoms with van der Waals surface area (Å²) in [5, 5.41) is 5.54. The van der Waals surface area contributed by atoms with E-state index in [4.69, 9.17) is 4.74 Å². The Morgan fingerprint density at radius 3 is 2.64 bits per heavy atom. The number of hydrogen-bond donors (Lipinski definition) is 1. The van der Waals surface area contributed by atoms with Crippen molar-refractivity contribution >= 4 is 17.2 Å². The zero-order valence-electron chi connectivity index (χ0n) is 18.9. The summed E-state index contributed by atoms with van der Waals surface area (Å²) in [5.41, 5.74) is 4.55. The molecule has 0 spiro atoms. The third-order valence-corrected chi connectivity index (χ3v) is 7.53. The number of hydrogen-bond acceptors (Lipinski definition) is 5. The van der Waals surface area contributed by atoms with E-state index in [9.17, 15) is 4.79 Å². The second-order valence-electron chi connectivity index (χ2n) is 8.76. The van der Waals surface area contributed by atoms with Crippen LogP contribution in [0.15, 0.2) is 66.0 Å². The largest absolute Gasteiger partial charge is 0.379 e. The highest BCUT2D eigenvalue weighted by Crippen LogP contribution is 2.34. The molecule has 1 aromatic heterocycles. The van der Waals surface area contributed by atoms with Gasteiger partial charge in [0.1, 0.15) is 0 Å². The van der Waals surface area contributed by atoms with Crippen LogP contribution in [0.4, 0.5) is 0 Å². The summed E-state index contributed by atoms with van der Waals surface area (Å²) in [5.74, 6) is 0.148. The minimum absolute atomic E-state index is 0.148. The lowest BCUT2D eigenvalue weighted by molar-refractivity contribution is 0.0342. The average Bonchev–Trinajstić information content (AvgIpc) is 3.35. The minimum atomic E-state index is 0.148. The first kappa shape index (κ1) is 22.3. The Bertz CT molecular complexity index is 1060. The van der Waals surface area contributed by atoms with Gasteiger partial charge >= 0.3 is 0 Å². The predicted molar refractivity (Wildman–Crippen MR) is 134 cm³/mol. The second kappa shape index (κ2) is 10.6. The van der Waals surface area contributed by atoms with Gasteiger partial charge in [0.05, 0.1) is 18.8 Å². The monoisotopic (exact) mass is 461 g/mol. The van der Waals surface area contributed by atoms with Gasteiger partial charge in [-0.25, -0.2) is 0 Å². The Balaban J connectivity index is 1.39. The molecule has 2 aromatic carbocycles. The molecule has 2 fully saturated rings. The Morgan fingerprint density at radius 2 is 1.79 bits per heavy atom. The molecule has 2 aliphatic heterocycles. The van der Waals surface area contributed by atoms with Gasteiger partial charge in [0.2, 0.25) is 0 Å². The number of nitrogens with zero attached hydrogens (tertiary/aromatic N) is 2. The summed E-state index contributed by atoms with van der Waals surface area (Å²) in [7, 11) is 0. The number of ether oxygens (including phenoxy) is 1. The summed E-state index contributed by atoms with van der Waals surface area (Å²) >= 11 is 1.67. The molecule has 33 heavy (non-hydrogen) atoms. The molecule has 0 saturated carbocycles. The van der Waals surface area contributed by atoms with Crippen molar-refractivity contribution in [3.8, 4) is 10.4 Å². The standard InChI is InChI=1S/C27H31N3O2S/c31-27(30-12-11-28-19-23(30)18-21-6-2-1-3-7-21)25-10-17-33-26(25)24-9-5-4-8-22(24)20-29-13-15-32-16-14-29/h1-10,17,23,28H,11-16,18-20H2. The fourth-order valence-corrected chi connectivity index (χ4v) is 5.77. The van der Waals surface area contributed by atoms with Crippen molar-refractivity contribution in [2.24, 2.45) is 0 Å². The number of thiophene rings is 1. The van der Waals surface area contributed by atoms with Gasteiger partial charge < -0.3 is 15.0 Å². The summed E-state index contributed by atoms with van der Waals surface area (Å²) in [6.07, 6.45) is 0.868. The zero-order chi connectivity index (χ0) is 22.5. The van der Waals surface area contributed by atoms with Crippen LogP contribution < -0.4 is 5.32 Å². The molecule has 3 aromatic rings. The van der Waals surface area contributed by atoms with Crippen LogP contribution in [-0.4, -0.2) is 67.7 Å². The fourth-order valence-electron chi connectivity index (χ4n) is 4.82. The van der Waals surface area contributed by atoms with E-state index >= 15 is 0 Å². The molecule has 2 aliphatic rings. The maximum Gasteiger partial charge on any atom is 0.255 e. The van der Waals surface area contributed by atoms with Gasteiger partial charge in [-0.2, -0.15) is 0 Å². The van der Waals surface area contributed by atoms with Crippen molar-refractivity contribution in [1.82, 2.24) is 15.1 Å². The van der Waals surface area contributed by atoms with Gasteiger partial charge in [-0.1, -0.05) is 54.6 Å². The predicted octanol–water partition coefficient (Wildman–Crippen LogP) is 3.90. The van der Waals surface area contributed by atoms with Gasteiger partial charge in [-0.15, -0.1) is 11.3 Å². The number of rotatable bonds is 6. The van der Waals surface area contributed by atoms with E-state index in [1.807, 2.05) is 12.1 Å². The second-order valence-corrected chi connectivity index (χ2v) is 9.67. The number of benzene rings is 2. The molecule has 1 atom stereocenters. The van der Waals surface area contributed by atoms with Crippen LogP contribution in [0.25, 0.3) is 10.4 Å². The van der Waals surface area contributed by atoms with E-state index in [1.54, 1.807) is 11.3 Å².